The average Bonchev–Trinajstić information content (AvgIpc) is 3.16. The van der Waals surface area contributed by atoms with Crippen LogP contribution in [0.3, 0.4) is 0 Å². The van der Waals surface area contributed by atoms with Crippen LogP contribution in [-0.2, 0) is 0 Å². The molecule has 0 N–H and O–H groups in total. The minimum atomic E-state index is -0.296. The number of nitrogens with zero attached hydrogens (tertiary/aromatic N) is 2. The van der Waals surface area contributed by atoms with Gasteiger partial charge in [-0.3, -0.25) is 9.59 Å². The van der Waals surface area contributed by atoms with Crippen LogP contribution in [0.15, 0.2) is 42.5 Å². The Kier molecular flexibility index (Phi) is 3.34. The second-order valence-corrected chi connectivity index (χ2v) is 6.23. The zero-order valence-corrected chi connectivity index (χ0v) is 13.2. The van der Waals surface area contributed by atoms with Gasteiger partial charge in [0.15, 0.2) is 0 Å². The molecule has 0 aliphatic carbocycles. The van der Waals surface area contributed by atoms with Crippen LogP contribution in [-0.4, -0.2) is 24.9 Å². The molecule has 5 heteroatoms. The highest BCUT2D eigenvalue weighted by atomic mass is 35.5. The third kappa shape index (κ3) is 2.21. The van der Waals surface area contributed by atoms with Crippen molar-refractivity contribution in [2.75, 3.05) is 22.9 Å². The number of carbonyl (C=O) groups is 2. The van der Waals surface area contributed by atoms with Crippen LogP contribution >= 0.6 is 11.6 Å². The predicted octanol–water partition coefficient (Wildman–Crippen LogP) is 3.74. The van der Waals surface area contributed by atoms with Gasteiger partial charge in [-0.25, -0.2) is 4.90 Å². The molecular formula is C18H15ClN2O2. The number of halogens is 1. The molecule has 2 aliphatic rings. The molecule has 23 heavy (non-hydrogen) atoms. The number of hydrogen-bond donors (Lipinski definition) is 0. The van der Waals surface area contributed by atoms with E-state index in [4.69, 9.17) is 11.6 Å². The van der Waals surface area contributed by atoms with Crippen LogP contribution in [0.5, 0.6) is 0 Å². The smallest absolute Gasteiger partial charge is 0.266 e. The van der Waals surface area contributed by atoms with Crippen molar-refractivity contribution in [3.8, 4) is 0 Å². The van der Waals surface area contributed by atoms with Gasteiger partial charge in [0.2, 0.25) is 0 Å². The summed E-state index contributed by atoms with van der Waals surface area (Å²) in [5.74, 6) is -0.592. The normalized spacial score (nSPS) is 17.1. The fourth-order valence-electron chi connectivity index (χ4n) is 3.27. The van der Waals surface area contributed by atoms with Crippen molar-refractivity contribution in [2.45, 2.75) is 12.8 Å². The van der Waals surface area contributed by atoms with E-state index < -0.39 is 0 Å². The molecule has 0 aromatic heterocycles. The summed E-state index contributed by atoms with van der Waals surface area (Å²) in [5.41, 5.74) is 2.36. The Bertz CT molecular complexity index is 777. The van der Waals surface area contributed by atoms with Crippen LogP contribution in [0.1, 0.15) is 33.6 Å². The molecule has 116 valence electrons. The van der Waals surface area contributed by atoms with Crippen LogP contribution < -0.4 is 9.80 Å². The van der Waals surface area contributed by atoms with Crippen LogP contribution in [0, 0.1) is 0 Å². The number of carbonyl (C=O) groups excluding carboxylic acids is 2. The fraction of sp³-hybridized carbons (Fsp3) is 0.222. The second-order valence-electron chi connectivity index (χ2n) is 5.82. The summed E-state index contributed by atoms with van der Waals surface area (Å²) < 4.78 is 0. The number of benzene rings is 2. The summed E-state index contributed by atoms with van der Waals surface area (Å²) in [6.07, 6.45) is 2.33. The van der Waals surface area contributed by atoms with Gasteiger partial charge in [0, 0.05) is 13.1 Å². The van der Waals surface area contributed by atoms with Crippen LogP contribution in [0.2, 0.25) is 5.02 Å². The van der Waals surface area contributed by atoms with Crippen molar-refractivity contribution >= 4 is 34.8 Å². The van der Waals surface area contributed by atoms with Gasteiger partial charge in [0.25, 0.3) is 11.8 Å². The van der Waals surface area contributed by atoms with Crippen LogP contribution in [0.25, 0.3) is 0 Å². The fourth-order valence-corrected chi connectivity index (χ4v) is 3.57. The lowest BCUT2D eigenvalue weighted by atomic mass is 10.1. The maximum absolute atomic E-state index is 12.5. The van der Waals surface area contributed by atoms with Gasteiger partial charge < -0.3 is 4.90 Å². The summed E-state index contributed by atoms with van der Waals surface area (Å²) in [7, 11) is 0. The summed E-state index contributed by atoms with van der Waals surface area (Å²) >= 11 is 6.40. The lowest BCUT2D eigenvalue weighted by Gasteiger charge is -2.21. The van der Waals surface area contributed by atoms with E-state index in [9.17, 15) is 9.59 Å². The zero-order valence-electron chi connectivity index (χ0n) is 12.5. The first-order valence-electron chi connectivity index (χ1n) is 7.69. The van der Waals surface area contributed by atoms with Crippen molar-refractivity contribution < 1.29 is 9.59 Å². The summed E-state index contributed by atoms with van der Waals surface area (Å²) in [6.45, 7) is 1.98. The molecular weight excluding hydrogens is 312 g/mol. The van der Waals surface area contributed by atoms with E-state index >= 15 is 0 Å². The first-order chi connectivity index (χ1) is 11.2. The minimum Gasteiger partial charge on any atom is -0.370 e. The van der Waals surface area contributed by atoms with E-state index in [1.807, 2.05) is 6.07 Å². The molecule has 0 radical (unpaired) electrons. The highest BCUT2D eigenvalue weighted by molar-refractivity contribution is 6.36. The Morgan fingerprint density at radius 3 is 2.04 bits per heavy atom. The maximum atomic E-state index is 12.5. The summed E-state index contributed by atoms with van der Waals surface area (Å²) in [5, 5.41) is 0.570. The molecule has 2 aliphatic heterocycles. The molecule has 0 saturated carbocycles. The molecule has 2 aromatic rings. The lowest BCUT2D eigenvalue weighted by Crippen LogP contribution is -2.29. The van der Waals surface area contributed by atoms with Crippen molar-refractivity contribution in [1.29, 1.82) is 0 Å². The topological polar surface area (TPSA) is 40.6 Å². The SMILES string of the molecule is O=C1c2ccccc2C(=O)N1c1ccc(N2CCCC2)c(Cl)c1. The highest BCUT2D eigenvalue weighted by Gasteiger charge is 2.36. The van der Waals surface area contributed by atoms with E-state index in [1.54, 1.807) is 36.4 Å². The van der Waals surface area contributed by atoms with E-state index in [1.165, 1.54) is 4.90 Å². The number of rotatable bonds is 2. The lowest BCUT2D eigenvalue weighted by molar-refractivity contribution is 0.0926. The molecule has 2 heterocycles. The van der Waals surface area contributed by atoms with Crippen molar-refractivity contribution in [2.24, 2.45) is 0 Å². The van der Waals surface area contributed by atoms with Crippen LogP contribution in [0.4, 0.5) is 11.4 Å². The van der Waals surface area contributed by atoms with E-state index in [0.29, 0.717) is 21.8 Å². The molecule has 0 spiro atoms. The van der Waals surface area contributed by atoms with E-state index in [2.05, 4.69) is 4.90 Å². The van der Waals surface area contributed by atoms with E-state index in [0.717, 1.165) is 31.6 Å². The third-order valence-corrected chi connectivity index (χ3v) is 4.73. The number of fused-ring (bicyclic) bond motifs is 1. The molecule has 2 aromatic carbocycles. The Morgan fingerprint density at radius 1 is 0.870 bits per heavy atom. The number of anilines is 2. The number of hydrogen-bond acceptors (Lipinski definition) is 3. The van der Waals surface area contributed by atoms with Gasteiger partial charge in [-0.05, 0) is 43.2 Å². The highest BCUT2D eigenvalue weighted by Crippen LogP contribution is 2.35. The van der Waals surface area contributed by atoms with Gasteiger partial charge >= 0.3 is 0 Å². The van der Waals surface area contributed by atoms with E-state index in [-0.39, 0.29) is 11.8 Å². The second kappa shape index (κ2) is 5.39. The van der Waals surface area contributed by atoms with Gasteiger partial charge in [0.05, 0.1) is 27.5 Å². The van der Waals surface area contributed by atoms with Gasteiger partial charge in [0.1, 0.15) is 0 Å². The molecule has 1 fully saturated rings. The molecule has 4 rings (SSSR count). The van der Waals surface area contributed by atoms with Crippen molar-refractivity contribution in [3.05, 3.63) is 58.6 Å². The van der Waals surface area contributed by atoms with Crippen molar-refractivity contribution in [3.63, 3.8) is 0 Å². The summed E-state index contributed by atoms with van der Waals surface area (Å²) in [6, 6.07) is 12.3. The van der Waals surface area contributed by atoms with Gasteiger partial charge in [-0.15, -0.1) is 0 Å². The quantitative estimate of drug-likeness (QED) is 0.789. The standard InChI is InChI=1S/C18H15ClN2O2/c19-15-11-12(7-8-16(15)20-9-3-4-10-20)21-17(22)13-5-1-2-6-14(13)18(21)23/h1-2,5-8,11H,3-4,9-10H2. The molecule has 0 unspecified atom stereocenters. The third-order valence-electron chi connectivity index (χ3n) is 4.43. The Morgan fingerprint density at radius 2 is 1.48 bits per heavy atom. The Hall–Kier alpha value is -2.33. The minimum absolute atomic E-state index is 0.296. The predicted molar refractivity (Wildman–Crippen MR) is 90.5 cm³/mol. The molecule has 0 atom stereocenters. The first kappa shape index (κ1) is 14.3. The Balaban J connectivity index is 1.71. The Labute approximate surface area is 139 Å². The monoisotopic (exact) mass is 326 g/mol. The number of amides is 2. The first-order valence-corrected chi connectivity index (χ1v) is 8.07. The van der Waals surface area contributed by atoms with Crippen molar-refractivity contribution in [1.82, 2.24) is 0 Å². The zero-order chi connectivity index (χ0) is 16.0. The molecule has 1 saturated heterocycles. The number of imide groups is 1. The molecule has 4 nitrogen and oxygen atoms in total. The summed E-state index contributed by atoms with van der Waals surface area (Å²) in [4.78, 5) is 28.5. The molecule has 2 amide bonds. The molecule has 0 bridgehead atoms. The van der Waals surface area contributed by atoms with Gasteiger partial charge in [-0.1, -0.05) is 23.7 Å². The van der Waals surface area contributed by atoms with Gasteiger partial charge in [-0.2, -0.15) is 0 Å². The largest absolute Gasteiger partial charge is 0.370 e. The maximum Gasteiger partial charge on any atom is 0.266 e. The average molecular weight is 327 g/mol.